The van der Waals surface area contributed by atoms with Gasteiger partial charge in [-0.2, -0.15) is 0 Å². The van der Waals surface area contributed by atoms with Crippen LogP contribution < -0.4 is 14.9 Å². The Morgan fingerprint density at radius 1 is 1.21 bits per heavy atom. The van der Waals surface area contributed by atoms with Crippen LogP contribution in [0.5, 0.6) is 11.5 Å². The lowest BCUT2D eigenvalue weighted by Crippen LogP contribution is -2.25. The maximum Gasteiger partial charge on any atom is 0.341 e. The summed E-state index contributed by atoms with van der Waals surface area (Å²) in [5, 5.41) is 9.30. The van der Waals surface area contributed by atoms with E-state index in [1.54, 1.807) is 14.2 Å². The summed E-state index contributed by atoms with van der Waals surface area (Å²) in [6.45, 7) is 3.18. The van der Waals surface area contributed by atoms with Crippen molar-refractivity contribution in [3.05, 3.63) is 45.7 Å². The van der Waals surface area contributed by atoms with E-state index in [2.05, 4.69) is 0 Å². The van der Waals surface area contributed by atoms with E-state index in [0.717, 1.165) is 30.4 Å². The number of carboxylic acids is 1. The minimum atomic E-state index is -1.21. The van der Waals surface area contributed by atoms with Gasteiger partial charge in [0.15, 0.2) is 16.9 Å². The average molecular weight is 387 g/mol. The lowest BCUT2D eigenvalue weighted by molar-refractivity contribution is 0.0694. The van der Waals surface area contributed by atoms with Crippen molar-refractivity contribution in [3.63, 3.8) is 0 Å². The summed E-state index contributed by atoms with van der Waals surface area (Å²) in [6, 6.07) is 5.29. The summed E-state index contributed by atoms with van der Waals surface area (Å²) in [7, 11) is 3.22. The Bertz CT molecular complexity index is 933. The maximum atomic E-state index is 12.3. The van der Waals surface area contributed by atoms with Gasteiger partial charge >= 0.3 is 5.97 Å². The van der Waals surface area contributed by atoms with Crippen molar-refractivity contribution in [1.29, 1.82) is 0 Å². The molecule has 150 valence electrons. The van der Waals surface area contributed by atoms with Crippen molar-refractivity contribution >= 4 is 5.97 Å². The van der Waals surface area contributed by atoms with Crippen molar-refractivity contribution in [2.75, 3.05) is 27.4 Å². The molecule has 0 amide bonds. The molecule has 1 aromatic carbocycles. The van der Waals surface area contributed by atoms with Crippen LogP contribution in [-0.4, -0.2) is 43.1 Å². The number of aromatic nitrogens is 1. The Labute approximate surface area is 163 Å². The fourth-order valence-electron chi connectivity index (χ4n) is 3.59. The zero-order valence-corrected chi connectivity index (χ0v) is 16.4. The molecule has 0 radical (unpaired) electrons. The van der Waals surface area contributed by atoms with Gasteiger partial charge in [0, 0.05) is 44.0 Å². The number of carboxylic acid groups (broad SMARTS) is 1. The molecule has 1 atom stereocenters. The van der Waals surface area contributed by atoms with E-state index >= 15 is 0 Å². The molecule has 0 fully saturated rings. The minimum Gasteiger partial charge on any atom is -0.493 e. The number of rotatable bonds is 8. The highest BCUT2D eigenvalue weighted by Crippen LogP contribution is 2.41. The van der Waals surface area contributed by atoms with Gasteiger partial charge in [0.05, 0.1) is 19.4 Å². The van der Waals surface area contributed by atoms with Crippen LogP contribution in [0.4, 0.5) is 0 Å². The molecule has 0 unspecified atom stereocenters. The SMILES string of the molecule is CC[C@H]1Cc2cc(OCCCOC)c(OC)cc2-c2cc(=O)c(C(=O)O)cn21. The molecule has 2 heterocycles. The van der Waals surface area contributed by atoms with Gasteiger partial charge in [-0.25, -0.2) is 4.79 Å². The van der Waals surface area contributed by atoms with Crippen LogP contribution in [0.3, 0.4) is 0 Å². The van der Waals surface area contributed by atoms with Gasteiger partial charge in [-0.15, -0.1) is 0 Å². The Balaban J connectivity index is 2.07. The molecule has 3 rings (SSSR count). The maximum absolute atomic E-state index is 12.3. The molecule has 1 aliphatic rings. The highest BCUT2D eigenvalue weighted by Gasteiger charge is 2.26. The van der Waals surface area contributed by atoms with Crippen molar-refractivity contribution in [2.24, 2.45) is 0 Å². The smallest absolute Gasteiger partial charge is 0.341 e. The lowest BCUT2D eigenvalue weighted by atomic mass is 9.90. The summed E-state index contributed by atoms with van der Waals surface area (Å²) >= 11 is 0. The molecule has 1 aromatic heterocycles. The fourth-order valence-corrected chi connectivity index (χ4v) is 3.59. The van der Waals surface area contributed by atoms with Crippen molar-refractivity contribution < 1.29 is 24.1 Å². The van der Waals surface area contributed by atoms with Crippen molar-refractivity contribution in [2.45, 2.75) is 32.2 Å². The van der Waals surface area contributed by atoms with Gasteiger partial charge in [0.2, 0.25) is 0 Å². The third-order valence-electron chi connectivity index (χ3n) is 5.05. The second-order valence-electron chi connectivity index (χ2n) is 6.77. The third kappa shape index (κ3) is 3.75. The predicted molar refractivity (Wildman–Crippen MR) is 105 cm³/mol. The molecule has 0 saturated heterocycles. The minimum absolute atomic E-state index is 0.0657. The highest BCUT2D eigenvalue weighted by atomic mass is 16.5. The number of methoxy groups -OCH3 is 2. The van der Waals surface area contributed by atoms with Crippen LogP contribution >= 0.6 is 0 Å². The number of aromatic carboxylic acids is 1. The Morgan fingerprint density at radius 2 is 2.00 bits per heavy atom. The van der Waals surface area contributed by atoms with E-state index < -0.39 is 11.4 Å². The molecule has 7 nitrogen and oxygen atoms in total. The van der Waals surface area contributed by atoms with E-state index in [-0.39, 0.29) is 11.6 Å². The Morgan fingerprint density at radius 3 is 2.64 bits per heavy atom. The van der Waals surface area contributed by atoms with Gasteiger partial charge < -0.3 is 23.9 Å². The zero-order chi connectivity index (χ0) is 20.3. The molecular weight excluding hydrogens is 362 g/mol. The number of benzene rings is 1. The largest absolute Gasteiger partial charge is 0.493 e. The van der Waals surface area contributed by atoms with Crippen molar-refractivity contribution in [1.82, 2.24) is 4.57 Å². The molecule has 0 saturated carbocycles. The topological polar surface area (TPSA) is 87.0 Å². The van der Waals surface area contributed by atoms with Gasteiger partial charge in [-0.3, -0.25) is 4.79 Å². The number of fused-ring (bicyclic) bond motifs is 3. The average Bonchev–Trinajstić information content (AvgIpc) is 2.69. The number of hydrogen-bond acceptors (Lipinski definition) is 5. The molecule has 0 bridgehead atoms. The number of hydrogen-bond donors (Lipinski definition) is 1. The van der Waals surface area contributed by atoms with E-state index in [1.165, 1.54) is 12.3 Å². The number of carbonyl (C=O) groups is 1. The monoisotopic (exact) mass is 387 g/mol. The molecule has 28 heavy (non-hydrogen) atoms. The van der Waals surface area contributed by atoms with E-state index in [4.69, 9.17) is 14.2 Å². The molecular formula is C21H25NO6. The van der Waals surface area contributed by atoms with E-state index in [1.807, 2.05) is 23.6 Å². The van der Waals surface area contributed by atoms with Gasteiger partial charge in [-0.1, -0.05) is 6.92 Å². The first kappa shape index (κ1) is 19.9. The summed E-state index contributed by atoms with van der Waals surface area (Å²) in [4.78, 5) is 23.7. The molecule has 2 aromatic rings. The van der Waals surface area contributed by atoms with Gasteiger partial charge in [0.25, 0.3) is 0 Å². The second kappa shape index (κ2) is 8.48. The third-order valence-corrected chi connectivity index (χ3v) is 5.05. The van der Waals surface area contributed by atoms with Crippen LogP contribution in [0.1, 0.15) is 41.7 Å². The molecule has 1 aliphatic heterocycles. The normalized spacial score (nSPS) is 14.9. The van der Waals surface area contributed by atoms with Gasteiger partial charge in [0.1, 0.15) is 5.56 Å². The number of nitrogens with zero attached hydrogens (tertiary/aromatic N) is 1. The highest BCUT2D eigenvalue weighted by molar-refractivity contribution is 5.87. The molecule has 7 heteroatoms. The van der Waals surface area contributed by atoms with Crippen LogP contribution in [0.15, 0.2) is 29.2 Å². The fraction of sp³-hybridized carbons (Fsp3) is 0.429. The Kier molecular flexibility index (Phi) is 6.04. The number of pyridine rings is 1. The van der Waals surface area contributed by atoms with E-state index in [0.29, 0.717) is 30.4 Å². The quantitative estimate of drug-likeness (QED) is 0.700. The molecule has 0 spiro atoms. The summed E-state index contributed by atoms with van der Waals surface area (Å²) in [5.41, 5.74) is 1.90. The molecule has 1 N–H and O–H groups in total. The standard InChI is InChI=1S/C21H25NO6/c1-4-14-8-13-9-20(28-7-5-6-26-2)19(27-3)10-15(13)17-11-18(23)16(21(24)25)12-22(14)17/h9-12,14H,4-8H2,1-3H3,(H,24,25)/t14-/m0/s1. The first-order valence-electron chi connectivity index (χ1n) is 9.32. The van der Waals surface area contributed by atoms with Crippen LogP contribution in [-0.2, 0) is 11.2 Å². The first-order valence-corrected chi connectivity index (χ1v) is 9.32. The molecule has 0 aliphatic carbocycles. The Hall–Kier alpha value is -2.80. The predicted octanol–water partition coefficient (Wildman–Crippen LogP) is 3.14. The second-order valence-corrected chi connectivity index (χ2v) is 6.77. The lowest BCUT2D eigenvalue weighted by Gasteiger charge is -2.31. The van der Waals surface area contributed by atoms with Crippen LogP contribution in [0.25, 0.3) is 11.3 Å². The van der Waals surface area contributed by atoms with Crippen LogP contribution in [0.2, 0.25) is 0 Å². The zero-order valence-electron chi connectivity index (χ0n) is 16.4. The first-order chi connectivity index (χ1) is 13.5. The summed E-state index contributed by atoms with van der Waals surface area (Å²) in [6.07, 6.45) is 3.76. The summed E-state index contributed by atoms with van der Waals surface area (Å²) in [5.74, 6) is 0.0240. The van der Waals surface area contributed by atoms with Crippen LogP contribution in [0, 0.1) is 0 Å². The van der Waals surface area contributed by atoms with E-state index in [9.17, 15) is 14.7 Å². The van der Waals surface area contributed by atoms with Crippen molar-refractivity contribution in [3.8, 4) is 22.8 Å². The van der Waals surface area contributed by atoms with Gasteiger partial charge in [-0.05, 0) is 30.5 Å². The summed E-state index contributed by atoms with van der Waals surface area (Å²) < 4.78 is 18.3. The number of ether oxygens (including phenoxy) is 3.